The van der Waals surface area contributed by atoms with Gasteiger partial charge in [-0.3, -0.25) is 9.59 Å². The minimum Gasteiger partial charge on any atom is -0.343 e. The van der Waals surface area contributed by atoms with Crippen molar-refractivity contribution in [1.82, 2.24) is 14.9 Å². The molecule has 1 aromatic heterocycles. The number of anilines is 1. The lowest BCUT2D eigenvalue weighted by molar-refractivity contribution is -0.115. The van der Waals surface area contributed by atoms with Gasteiger partial charge in [0.05, 0.1) is 6.54 Å². The quantitative estimate of drug-likeness (QED) is 0.749. The third-order valence-electron chi connectivity index (χ3n) is 3.27. The minimum absolute atomic E-state index is 0.0918. The smallest absolute Gasteiger partial charge is 0.251 e. The number of aromatic nitrogens is 2. The molecule has 0 bridgehead atoms. The Balaban J connectivity index is 1.52. The van der Waals surface area contributed by atoms with Crippen LogP contribution in [0.25, 0.3) is 11.3 Å². The maximum atomic E-state index is 11.9. The van der Waals surface area contributed by atoms with E-state index in [1.165, 1.54) is 11.5 Å². The van der Waals surface area contributed by atoms with Crippen LogP contribution in [-0.2, 0) is 4.79 Å². The molecule has 0 saturated carbocycles. The number of carbonyl (C=O) groups excluding carboxylic acids is 2. The predicted octanol–water partition coefficient (Wildman–Crippen LogP) is 2.57. The maximum Gasteiger partial charge on any atom is 0.251 e. The number of hydrogen-bond donors (Lipinski definition) is 2. The number of carbonyl (C=O) groups is 2. The van der Waals surface area contributed by atoms with Crippen molar-refractivity contribution in [2.75, 3.05) is 11.9 Å². The van der Waals surface area contributed by atoms with E-state index in [2.05, 4.69) is 20.2 Å². The molecule has 3 aromatic rings. The standard InChI is InChI=1S/C17H14N4O2S/c22-16(10-18-17(23)13-4-2-1-3-5-13)19-14-8-6-12(7-9-14)15-11-24-21-20-15/h1-9,11H,10H2,(H,18,23)(H,19,22). The Morgan fingerprint density at radius 2 is 1.75 bits per heavy atom. The first-order chi connectivity index (χ1) is 11.7. The highest BCUT2D eigenvalue weighted by Crippen LogP contribution is 2.19. The van der Waals surface area contributed by atoms with Crippen LogP contribution < -0.4 is 10.6 Å². The van der Waals surface area contributed by atoms with Crippen molar-refractivity contribution in [1.29, 1.82) is 0 Å². The van der Waals surface area contributed by atoms with Crippen LogP contribution in [0.2, 0.25) is 0 Å². The fraction of sp³-hybridized carbons (Fsp3) is 0.0588. The van der Waals surface area contributed by atoms with Gasteiger partial charge in [0.15, 0.2) is 0 Å². The molecule has 0 unspecified atom stereocenters. The molecule has 3 rings (SSSR count). The average Bonchev–Trinajstić information content (AvgIpc) is 3.16. The van der Waals surface area contributed by atoms with E-state index in [4.69, 9.17) is 0 Å². The molecule has 0 aliphatic heterocycles. The molecule has 0 radical (unpaired) electrons. The zero-order valence-electron chi connectivity index (χ0n) is 12.6. The Morgan fingerprint density at radius 1 is 1.00 bits per heavy atom. The molecule has 7 heteroatoms. The first kappa shape index (κ1) is 15.8. The predicted molar refractivity (Wildman–Crippen MR) is 92.7 cm³/mol. The van der Waals surface area contributed by atoms with E-state index in [-0.39, 0.29) is 18.4 Å². The van der Waals surface area contributed by atoms with Crippen LogP contribution in [0.5, 0.6) is 0 Å². The summed E-state index contributed by atoms with van der Waals surface area (Å²) in [5.74, 6) is -0.570. The van der Waals surface area contributed by atoms with Crippen molar-refractivity contribution < 1.29 is 9.59 Å². The second-order valence-corrected chi connectivity index (χ2v) is 5.57. The number of nitrogens with zero attached hydrogens (tertiary/aromatic N) is 2. The zero-order valence-corrected chi connectivity index (χ0v) is 13.4. The Bertz CT molecular complexity index is 818. The Labute approximate surface area is 142 Å². The Hall–Kier alpha value is -3.06. The topological polar surface area (TPSA) is 84.0 Å². The van der Waals surface area contributed by atoms with Crippen molar-refractivity contribution in [3.63, 3.8) is 0 Å². The average molecular weight is 338 g/mol. The van der Waals surface area contributed by atoms with E-state index in [0.29, 0.717) is 11.3 Å². The molecular formula is C17H14N4O2S. The van der Waals surface area contributed by atoms with Crippen LogP contribution in [0.1, 0.15) is 10.4 Å². The zero-order chi connectivity index (χ0) is 16.8. The van der Waals surface area contributed by atoms with Crippen LogP contribution in [0.4, 0.5) is 5.69 Å². The lowest BCUT2D eigenvalue weighted by Crippen LogP contribution is -2.32. The van der Waals surface area contributed by atoms with Crippen molar-refractivity contribution in [2.45, 2.75) is 0 Å². The van der Waals surface area contributed by atoms with Gasteiger partial charge in [0.2, 0.25) is 5.91 Å². The van der Waals surface area contributed by atoms with Crippen molar-refractivity contribution in [3.8, 4) is 11.3 Å². The summed E-state index contributed by atoms with van der Waals surface area (Å²) in [6.07, 6.45) is 0. The van der Waals surface area contributed by atoms with E-state index in [0.717, 1.165) is 11.3 Å². The molecule has 2 aromatic carbocycles. The second kappa shape index (κ2) is 7.47. The fourth-order valence-electron chi connectivity index (χ4n) is 2.07. The van der Waals surface area contributed by atoms with Gasteiger partial charge in [0.1, 0.15) is 5.69 Å². The fourth-order valence-corrected chi connectivity index (χ4v) is 2.54. The lowest BCUT2D eigenvalue weighted by atomic mass is 10.1. The summed E-state index contributed by atoms with van der Waals surface area (Å²) in [6, 6.07) is 16.0. The number of hydrogen-bond acceptors (Lipinski definition) is 5. The van der Waals surface area contributed by atoms with E-state index in [1.54, 1.807) is 36.4 Å². The van der Waals surface area contributed by atoms with Gasteiger partial charge in [-0.15, -0.1) is 5.10 Å². The summed E-state index contributed by atoms with van der Waals surface area (Å²) >= 11 is 1.29. The summed E-state index contributed by atoms with van der Waals surface area (Å²) in [4.78, 5) is 23.8. The molecular weight excluding hydrogens is 324 g/mol. The summed E-state index contributed by atoms with van der Waals surface area (Å²) in [7, 11) is 0. The van der Waals surface area contributed by atoms with Crippen LogP contribution in [-0.4, -0.2) is 27.9 Å². The van der Waals surface area contributed by atoms with E-state index >= 15 is 0 Å². The van der Waals surface area contributed by atoms with Gasteiger partial charge in [-0.05, 0) is 35.8 Å². The molecule has 0 saturated heterocycles. The van der Waals surface area contributed by atoms with Gasteiger partial charge in [-0.2, -0.15) is 0 Å². The van der Waals surface area contributed by atoms with Crippen molar-refractivity contribution in [3.05, 3.63) is 65.5 Å². The summed E-state index contributed by atoms with van der Waals surface area (Å²) in [6.45, 7) is -0.0918. The van der Waals surface area contributed by atoms with Gasteiger partial charge in [0, 0.05) is 22.2 Å². The molecule has 0 aliphatic rings. The van der Waals surface area contributed by atoms with E-state index in [9.17, 15) is 9.59 Å². The van der Waals surface area contributed by atoms with Crippen LogP contribution in [0.3, 0.4) is 0 Å². The Kier molecular flexibility index (Phi) is 4.93. The highest BCUT2D eigenvalue weighted by atomic mass is 32.1. The molecule has 0 spiro atoms. The third-order valence-corrected chi connectivity index (χ3v) is 3.77. The number of nitrogens with one attached hydrogen (secondary N) is 2. The largest absolute Gasteiger partial charge is 0.343 e. The van der Waals surface area contributed by atoms with Gasteiger partial charge in [0.25, 0.3) is 5.91 Å². The summed E-state index contributed by atoms with van der Waals surface area (Å²) in [5.41, 5.74) is 2.90. The number of benzene rings is 2. The first-order valence-corrected chi connectivity index (χ1v) is 8.06. The first-order valence-electron chi connectivity index (χ1n) is 7.23. The molecule has 120 valence electrons. The normalized spacial score (nSPS) is 10.2. The monoisotopic (exact) mass is 338 g/mol. The number of rotatable bonds is 5. The molecule has 0 aliphatic carbocycles. The molecule has 24 heavy (non-hydrogen) atoms. The summed E-state index contributed by atoms with van der Waals surface area (Å²) in [5, 5.41) is 11.2. The van der Waals surface area contributed by atoms with Gasteiger partial charge in [-0.1, -0.05) is 34.8 Å². The number of amides is 2. The maximum absolute atomic E-state index is 11.9. The lowest BCUT2D eigenvalue weighted by Gasteiger charge is -2.07. The second-order valence-electron chi connectivity index (χ2n) is 4.96. The molecule has 6 nitrogen and oxygen atoms in total. The van der Waals surface area contributed by atoms with E-state index in [1.807, 2.05) is 23.6 Å². The SMILES string of the molecule is O=C(CNC(=O)c1ccccc1)Nc1ccc(-c2csnn2)cc1. The van der Waals surface area contributed by atoms with Crippen LogP contribution in [0.15, 0.2) is 60.0 Å². The Morgan fingerprint density at radius 3 is 2.42 bits per heavy atom. The molecule has 1 heterocycles. The third kappa shape index (κ3) is 4.02. The highest BCUT2D eigenvalue weighted by Gasteiger charge is 2.08. The van der Waals surface area contributed by atoms with Gasteiger partial charge >= 0.3 is 0 Å². The molecule has 2 N–H and O–H groups in total. The van der Waals surface area contributed by atoms with Gasteiger partial charge < -0.3 is 10.6 Å². The van der Waals surface area contributed by atoms with Crippen LogP contribution in [0, 0.1) is 0 Å². The molecule has 0 atom stereocenters. The van der Waals surface area contributed by atoms with Crippen LogP contribution >= 0.6 is 11.5 Å². The molecule has 2 amide bonds. The van der Waals surface area contributed by atoms with E-state index < -0.39 is 0 Å². The van der Waals surface area contributed by atoms with Crippen molar-refractivity contribution in [2.24, 2.45) is 0 Å². The highest BCUT2D eigenvalue weighted by molar-refractivity contribution is 7.03. The van der Waals surface area contributed by atoms with Crippen molar-refractivity contribution >= 4 is 29.0 Å². The minimum atomic E-state index is -0.289. The van der Waals surface area contributed by atoms with Gasteiger partial charge in [-0.25, -0.2) is 0 Å². The molecule has 0 fully saturated rings. The summed E-state index contributed by atoms with van der Waals surface area (Å²) < 4.78 is 3.82.